The maximum absolute atomic E-state index is 12.8. The Hall–Kier alpha value is -1.99. The molecule has 0 aromatic carbocycles. The molecular weight excluding hydrogens is 382 g/mol. The number of aliphatic imine (C=N–C) groups is 1. The van der Waals surface area contributed by atoms with Crippen LogP contribution in [0.5, 0.6) is 0 Å². The van der Waals surface area contributed by atoms with Gasteiger partial charge in [0.2, 0.25) is 5.91 Å². The average Bonchev–Trinajstić information content (AvgIpc) is 3.15. The summed E-state index contributed by atoms with van der Waals surface area (Å²) >= 11 is 0. The quantitative estimate of drug-likeness (QED) is 0.507. The molecule has 1 aliphatic carbocycles. The van der Waals surface area contributed by atoms with Crippen LogP contribution in [-0.2, 0) is 9.53 Å². The van der Waals surface area contributed by atoms with Crippen LogP contribution in [0.4, 0.5) is 4.79 Å². The molecule has 172 valence electrons. The third kappa shape index (κ3) is 8.03. The number of likely N-dealkylation sites (N-methyl/N-ethyl adjacent to an activating group) is 1. The van der Waals surface area contributed by atoms with E-state index in [1.807, 2.05) is 32.6 Å². The molecule has 0 bridgehead atoms. The minimum absolute atomic E-state index is 0.207. The molecule has 30 heavy (non-hydrogen) atoms. The Labute approximate surface area is 181 Å². The molecule has 8 heteroatoms. The Morgan fingerprint density at radius 1 is 1.17 bits per heavy atom. The molecule has 1 heterocycles. The Balaban J connectivity index is 1.80. The molecule has 2 amide bonds. The predicted octanol–water partition coefficient (Wildman–Crippen LogP) is 2.59. The van der Waals surface area contributed by atoms with Gasteiger partial charge in [-0.25, -0.2) is 4.79 Å². The lowest BCUT2D eigenvalue weighted by molar-refractivity contribution is -0.135. The number of nitrogens with zero attached hydrogens (tertiary/aromatic N) is 3. The molecule has 0 aromatic heterocycles. The molecule has 1 saturated heterocycles. The number of ether oxygens (including phenoxy) is 1. The van der Waals surface area contributed by atoms with E-state index < -0.39 is 5.60 Å². The van der Waals surface area contributed by atoms with Crippen molar-refractivity contribution in [2.45, 2.75) is 77.9 Å². The van der Waals surface area contributed by atoms with Gasteiger partial charge >= 0.3 is 6.09 Å². The minimum Gasteiger partial charge on any atom is -0.444 e. The first kappa shape index (κ1) is 24.3. The second kappa shape index (κ2) is 11.4. The molecule has 1 aliphatic heterocycles. The summed E-state index contributed by atoms with van der Waals surface area (Å²) in [4.78, 5) is 33.0. The van der Waals surface area contributed by atoms with Crippen molar-refractivity contribution in [1.82, 2.24) is 20.4 Å². The van der Waals surface area contributed by atoms with E-state index in [0.717, 1.165) is 44.9 Å². The fourth-order valence-electron chi connectivity index (χ4n) is 3.94. The lowest BCUT2D eigenvalue weighted by Crippen LogP contribution is -2.46. The zero-order valence-corrected chi connectivity index (χ0v) is 19.5. The normalized spacial score (nSPS) is 20.8. The Morgan fingerprint density at radius 3 is 2.50 bits per heavy atom. The molecule has 8 nitrogen and oxygen atoms in total. The van der Waals surface area contributed by atoms with Gasteiger partial charge in [-0.05, 0) is 47.0 Å². The number of guanidine groups is 1. The lowest BCUT2D eigenvalue weighted by atomic mass is 9.88. The van der Waals surface area contributed by atoms with E-state index in [2.05, 4.69) is 15.6 Å². The van der Waals surface area contributed by atoms with Crippen molar-refractivity contribution < 1.29 is 14.3 Å². The van der Waals surface area contributed by atoms with Gasteiger partial charge in [0.25, 0.3) is 0 Å². The summed E-state index contributed by atoms with van der Waals surface area (Å²) in [7, 11) is 1.72. The molecule has 0 aromatic rings. The van der Waals surface area contributed by atoms with Gasteiger partial charge in [0, 0.05) is 45.2 Å². The van der Waals surface area contributed by atoms with Crippen molar-refractivity contribution in [2.24, 2.45) is 10.9 Å². The zero-order chi connectivity index (χ0) is 22.1. The molecule has 1 saturated carbocycles. The number of hydrogen-bond acceptors (Lipinski definition) is 4. The number of nitrogens with one attached hydrogen (secondary N) is 2. The van der Waals surface area contributed by atoms with Gasteiger partial charge in [0.15, 0.2) is 5.96 Å². The van der Waals surface area contributed by atoms with Gasteiger partial charge in [0.05, 0.1) is 6.54 Å². The van der Waals surface area contributed by atoms with Gasteiger partial charge < -0.3 is 25.2 Å². The molecular formula is C22H41N5O3. The largest absolute Gasteiger partial charge is 0.444 e. The molecule has 1 unspecified atom stereocenters. The standard InChI is InChI=1S/C22H41N5O3/c1-6-23-20(24-13-15-26(5)21(29)30-22(2,3)4)25-18-12-14-27(16-18)19(28)17-10-8-7-9-11-17/h17-18H,6-16H2,1-5H3,(H2,23,24,25). The zero-order valence-electron chi connectivity index (χ0n) is 19.5. The Morgan fingerprint density at radius 2 is 1.87 bits per heavy atom. The molecule has 1 atom stereocenters. The van der Waals surface area contributed by atoms with Crippen molar-refractivity contribution in [3.05, 3.63) is 0 Å². The van der Waals surface area contributed by atoms with Gasteiger partial charge in [0.1, 0.15) is 5.60 Å². The number of likely N-dealkylation sites (tertiary alicyclic amines) is 1. The summed E-state index contributed by atoms with van der Waals surface area (Å²) < 4.78 is 5.37. The van der Waals surface area contributed by atoms with E-state index in [1.54, 1.807) is 11.9 Å². The maximum atomic E-state index is 12.8. The first-order valence-corrected chi connectivity index (χ1v) is 11.5. The maximum Gasteiger partial charge on any atom is 0.410 e. The Kier molecular flexibility index (Phi) is 9.24. The second-order valence-electron chi connectivity index (χ2n) is 9.41. The van der Waals surface area contributed by atoms with Crippen LogP contribution in [0, 0.1) is 5.92 Å². The number of amides is 2. The summed E-state index contributed by atoms with van der Waals surface area (Å²) in [6, 6.07) is 0.207. The van der Waals surface area contributed by atoms with Crippen LogP contribution in [0.2, 0.25) is 0 Å². The van der Waals surface area contributed by atoms with Crippen molar-refractivity contribution in [3.8, 4) is 0 Å². The monoisotopic (exact) mass is 423 g/mol. The van der Waals surface area contributed by atoms with E-state index in [1.165, 1.54) is 19.3 Å². The first-order valence-electron chi connectivity index (χ1n) is 11.5. The van der Waals surface area contributed by atoms with Crippen LogP contribution in [0.3, 0.4) is 0 Å². The number of carbonyl (C=O) groups is 2. The van der Waals surface area contributed by atoms with Crippen molar-refractivity contribution in [1.29, 1.82) is 0 Å². The van der Waals surface area contributed by atoms with Crippen LogP contribution in [0.1, 0.15) is 66.2 Å². The summed E-state index contributed by atoms with van der Waals surface area (Å²) in [6.45, 7) is 10.8. The summed E-state index contributed by atoms with van der Waals surface area (Å²) in [5.74, 6) is 1.29. The molecule has 2 aliphatic rings. The van der Waals surface area contributed by atoms with Crippen molar-refractivity contribution in [3.63, 3.8) is 0 Å². The van der Waals surface area contributed by atoms with Crippen LogP contribution < -0.4 is 10.6 Å². The van der Waals surface area contributed by atoms with Crippen LogP contribution in [0.25, 0.3) is 0 Å². The highest BCUT2D eigenvalue weighted by Crippen LogP contribution is 2.26. The number of carbonyl (C=O) groups excluding carboxylic acids is 2. The summed E-state index contributed by atoms with van der Waals surface area (Å²) in [5, 5.41) is 6.72. The fraction of sp³-hybridized carbons (Fsp3) is 0.864. The van der Waals surface area contributed by atoms with Gasteiger partial charge in [-0.3, -0.25) is 9.79 Å². The predicted molar refractivity (Wildman–Crippen MR) is 120 cm³/mol. The van der Waals surface area contributed by atoms with E-state index >= 15 is 0 Å². The molecule has 2 rings (SSSR count). The highest BCUT2D eigenvalue weighted by Gasteiger charge is 2.31. The van der Waals surface area contributed by atoms with Gasteiger partial charge in [-0.1, -0.05) is 19.3 Å². The third-order valence-electron chi connectivity index (χ3n) is 5.55. The topological polar surface area (TPSA) is 86.3 Å². The van der Waals surface area contributed by atoms with Crippen LogP contribution in [0.15, 0.2) is 4.99 Å². The van der Waals surface area contributed by atoms with Crippen LogP contribution in [-0.4, -0.2) is 79.2 Å². The molecule has 2 fully saturated rings. The van der Waals surface area contributed by atoms with E-state index in [4.69, 9.17) is 4.74 Å². The Bertz CT molecular complexity index is 596. The number of rotatable bonds is 6. The highest BCUT2D eigenvalue weighted by atomic mass is 16.6. The summed E-state index contributed by atoms with van der Waals surface area (Å²) in [5.41, 5.74) is -0.505. The van der Waals surface area contributed by atoms with E-state index in [9.17, 15) is 9.59 Å². The molecule has 2 N–H and O–H groups in total. The minimum atomic E-state index is -0.505. The fourth-order valence-corrected chi connectivity index (χ4v) is 3.94. The van der Waals surface area contributed by atoms with Crippen LogP contribution >= 0.6 is 0 Å². The van der Waals surface area contributed by atoms with Crippen molar-refractivity contribution in [2.75, 3.05) is 39.8 Å². The first-order chi connectivity index (χ1) is 14.2. The van der Waals surface area contributed by atoms with Gasteiger partial charge in [-0.2, -0.15) is 0 Å². The van der Waals surface area contributed by atoms with Crippen molar-refractivity contribution >= 4 is 18.0 Å². The molecule has 0 spiro atoms. The third-order valence-corrected chi connectivity index (χ3v) is 5.55. The smallest absolute Gasteiger partial charge is 0.410 e. The summed E-state index contributed by atoms with van der Waals surface area (Å²) in [6.07, 6.45) is 6.30. The SMILES string of the molecule is CCNC(=NCCN(C)C(=O)OC(C)(C)C)NC1CCN(C(=O)C2CCCCC2)C1. The lowest BCUT2D eigenvalue weighted by Gasteiger charge is -2.26. The number of hydrogen-bond donors (Lipinski definition) is 2. The van der Waals surface area contributed by atoms with E-state index in [-0.39, 0.29) is 18.1 Å². The van der Waals surface area contributed by atoms with Gasteiger partial charge in [-0.15, -0.1) is 0 Å². The van der Waals surface area contributed by atoms with E-state index in [0.29, 0.717) is 19.0 Å². The molecule has 0 radical (unpaired) electrons. The highest BCUT2D eigenvalue weighted by molar-refractivity contribution is 5.81. The average molecular weight is 424 g/mol. The second-order valence-corrected chi connectivity index (χ2v) is 9.41.